The number of rotatable bonds is 2. The maximum absolute atomic E-state index is 9.90. The third-order valence-electron chi connectivity index (χ3n) is 4.40. The topological polar surface area (TPSA) is 65.6 Å². The van der Waals surface area contributed by atoms with Gasteiger partial charge in [0.25, 0.3) is 0 Å². The Hall–Kier alpha value is -0.630. The maximum Gasteiger partial charge on any atom is 0.233 e. The molecule has 0 saturated carbocycles. The van der Waals surface area contributed by atoms with Crippen LogP contribution in [0.3, 0.4) is 0 Å². The Balaban J connectivity index is 1.55. The van der Waals surface area contributed by atoms with E-state index in [4.69, 9.17) is 4.52 Å². The number of hydrogen-bond donors (Lipinski definition) is 1. The van der Waals surface area contributed by atoms with Crippen molar-refractivity contribution in [3.05, 3.63) is 11.7 Å². The van der Waals surface area contributed by atoms with E-state index in [0.29, 0.717) is 5.89 Å². The molecule has 0 radical (unpaired) electrons. The van der Waals surface area contributed by atoms with Crippen LogP contribution in [-0.2, 0) is 0 Å². The van der Waals surface area contributed by atoms with E-state index >= 15 is 0 Å². The quantitative estimate of drug-likeness (QED) is 0.814. The zero-order valence-corrected chi connectivity index (χ0v) is 11.6. The molecule has 2 bridgehead atoms. The van der Waals surface area contributed by atoms with Crippen molar-refractivity contribution in [2.45, 2.75) is 18.1 Å². The third-order valence-corrected chi connectivity index (χ3v) is 5.57. The first-order valence-electron chi connectivity index (χ1n) is 6.87. The second kappa shape index (κ2) is 4.73. The molecule has 104 valence electrons. The summed E-state index contributed by atoms with van der Waals surface area (Å²) in [6.07, 6.45) is -0.342. The summed E-state index contributed by atoms with van der Waals surface area (Å²) < 4.78 is 5.40. The Kier molecular flexibility index (Phi) is 3.02. The van der Waals surface area contributed by atoms with E-state index in [9.17, 15) is 5.11 Å². The zero-order chi connectivity index (χ0) is 12.8. The summed E-state index contributed by atoms with van der Waals surface area (Å²) in [7, 11) is 0. The van der Waals surface area contributed by atoms with Crippen LogP contribution in [0.25, 0.3) is 0 Å². The van der Waals surface area contributed by atoms with Gasteiger partial charge in [-0.2, -0.15) is 16.7 Å². The van der Waals surface area contributed by atoms with Crippen molar-refractivity contribution in [1.29, 1.82) is 0 Å². The van der Waals surface area contributed by atoms with Crippen molar-refractivity contribution in [3.8, 4) is 0 Å². The number of aliphatic hydroxyl groups is 1. The number of nitrogens with zero attached hydrogens (tertiary/aromatic N) is 4. The fraction of sp³-hybridized carbons (Fsp3) is 0.833. The molecule has 4 aliphatic heterocycles. The molecule has 4 fully saturated rings. The lowest BCUT2D eigenvalue weighted by atomic mass is 10.1. The van der Waals surface area contributed by atoms with Gasteiger partial charge < -0.3 is 9.63 Å². The second-order valence-corrected chi connectivity index (χ2v) is 6.63. The van der Waals surface area contributed by atoms with Gasteiger partial charge in [0.2, 0.25) is 5.89 Å². The predicted molar refractivity (Wildman–Crippen MR) is 71.1 cm³/mol. The summed E-state index contributed by atoms with van der Waals surface area (Å²) in [6.45, 7) is 5.49. The minimum Gasteiger partial charge on any atom is -0.391 e. The summed E-state index contributed by atoms with van der Waals surface area (Å²) in [6, 6.07) is 0.270. The molecule has 3 atom stereocenters. The van der Waals surface area contributed by atoms with Gasteiger partial charge in [0.1, 0.15) is 0 Å². The Bertz CT molecular complexity index is 460. The van der Waals surface area contributed by atoms with Crippen molar-refractivity contribution in [3.63, 3.8) is 0 Å². The first-order chi connectivity index (χ1) is 9.31. The first kappa shape index (κ1) is 12.1. The van der Waals surface area contributed by atoms with Crippen LogP contribution in [0.4, 0.5) is 0 Å². The highest BCUT2D eigenvalue weighted by molar-refractivity contribution is 7.99. The van der Waals surface area contributed by atoms with E-state index in [1.165, 1.54) is 0 Å². The van der Waals surface area contributed by atoms with Crippen LogP contribution >= 0.6 is 11.8 Å². The van der Waals surface area contributed by atoms with Crippen molar-refractivity contribution in [2.24, 2.45) is 0 Å². The normalized spacial score (nSPS) is 41.8. The van der Waals surface area contributed by atoms with E-state index in [0.717, 1.165) is 50.1 Å². The molecule has 1 N–H and O–H groups in total. The van der Waals surface area contributed by atoms with E-state index in [-0.39, 0.29) is 18.1 Å². The van der Waals surface area contributed by atoms with Crippen LogP contribution in [-0.4, -0.2) is 75.4 Å². The summed E-state index contributed by atoms with van der Waals surface area (Å²) in [5.41, 5.74) is 0. The smallest absolute Gasteiger partial charge is 0.233 e. The average molecular weight is 282 g/mol. The van der Waals surface area contributed by atoms with Gasteiger partial charge in [-0.05, 0) is 0 Å². The van der Waals surface area contributed by atoms with Crippen LogP contribution < -0.4 is 0 Å². The Morgan fingerprint density at radius 3 is 2.68 bits per heavy atom. The van der Waals surface area contributed by atoms with Gasteiger partial charge in [-0.25, -0.2) is 0 Å². The van der Waals surface area contributed by atoms with Gasteiger partial charge in [-0.1, -0.05) is 5.16 Å². The van der Waals surface area contributed by atoms with Gasteiger partial charge in [0, 0.05) is 44.2 Å². The number of thioether (sulfide) groups is 1. The van der Waals surface area contributed by atoms with Crippen LogP contribution in [0.1, 0.15) is 23.7 Å². The van der Waals surface area contributed by atoms with E-state index < -0.39 is 0 Å². The van der Waals surface area contributed by atoms with Crippen molar-refractivity contribution in [2.75, 3.05) is 44.2 Å². The number of hydrogen-bond acceptors (Lipinski definition) is 7. The molecule has 7 heteroatoms. The third kappa shape index (κ3) is 2.08. The minimum atomic E-state index is -0.342. The average Bonchev–Trinajstić information content (AvgIpc) is 3.08. The standard InChI is InChI=1S/C12H18N4O2S/c17-10-7-19-6-8(10)12-13-11(14-18-12)9-5-15-1-3-16(9)4-2-15/h8-10,17H,1-7H2. The molecule has 1 aromatic heterocycles. The van der Waals surface area contributed by atoms with Crippen molar-refractivity contribution >= 4 is 11.8 Å². The van der Waals surface area contributed by atoms with Gasteiger partial charge in [-0.15, -0.1) is 0 Å². The Labute approximate surface area is 116 Å². The van der Waals surface area contributed by atoms with Gasteiger partial charge in [-0.3, -0.25) is 9.80 Å². The van der Waals surface area contributed by atoms with E-state index in [1.54, 1.807) is 11.8 Å². The molecule has 3 unspecified atom stereocenters. The van der Waals surface area contributed by atoms with Crippen LogP contribution in [0, 0.1) is 0 Å². The van der Waals surface area contributed by atoms with Crippen LogP contribution in [0.2, 0.25) is 0 Å². The fourth-order valence-electron chi connectivity index (χ4n) is 3.17. The van der Waals surface area contributed by atoms with Gasteiger partial charge >= 0.3 is 0 Å². The molecule has 4 saturated heterocycles. The molecule has 5 heterocycles. The second-order valence-electron chi connectivity index (χ2n) is 5.55. The molecule has 5 rings (SSSR count). The molecule has 0 amide bonds. The molecule has 0 aromatic carbocycles. The predicted octanol–water partition coefficient (Wildman–Crippen LogP) is -0.0668. The van der Waals surface area contributed by atoms with Crippen molar-refractivity contribution < 1.29 is 9.63 Å². The monoisotopic (exact) mass is 282 g/mol. The highest BCUT2D eigenvalue weighted by Crippen LogP contribution is 2.33. The lowest BCUT2D eigenvalue weighted by Gasteiger charge is -2.46. The van der Waals surface area contributed by atoms with E-state index in [2.05, 4.69) is 19.9 Å². The Morgan fingerprint density at radius 1 is 1.21 bits per heavy atom. The molecular formula is C12H18N4O2S. The molecule has 0 spiro atoms. The molecule has 4 aliphatic rings. The van der Waals surface area contributed by atoms with Gasteiger partial charge in [0.05, 0.1) is 18.1 Å². The molecular weight excluding hydrogens is 264 g/mol. The summed E-state index contributed by atoms with van der Waals surface area (Å²) in [5.74, 6) is 3.07. The lowest BCUT2D eigenvalue weighted by molar-refractivity contribution is 0.00781. The van der Waals surface area contributed by atoms with Crippen molar-refractivity contribution in [1.82, 2.24) is 19.9 Å². The SMILES string of the molecule is OC1CSCC1c1nc(C2CN3CCN2CC3)no1. The zero-order valence-electron chi connectivity index (χ0n) is 10.7. The van der Waals surface area contributed by atoms with Crippen LogP contribution in [0.15, 0.2) is 4.52 Å². The summed E-state index contributed by atoms with van der Waals surface area (Å²) in [4.78, 5) is 9.46. The Morgan fingerprint density at radius 2 is 2.05 bits per heavy atom. The van der Waals surface area contributed by atoms with Crippen LogP contribution in [0.5, 0.6) is 0 Å². The van der Waals surface area contributed by atoms with Gasteiger partial charge in [0.15, 0.2) is 5.82 Å². The highest BCUT2D eigenvalue weighted by atomic mass is 32.2. The molecule has 0 aliphatic carbocycles. The summed E-state index contributed by atoms with van der Waals surface area (Å²) >= 11 is 1.75. The number of aromatic nitrogens is 2. The summed E-state index contributed by atoms with van der Waals surface area (Å²) in [5, 5.41) is 14.1. The number of piperazine rings is 3. The molecule has 19 heavy (non-hydrogen) atoms. The number of fused-ring (bicyclic) bond motifs is 3. The largest absolute Gasteiger partial charge is 0.391 e. The molecule has 6 nitrogen and oxygen atoms in total. The minimum absolute atomic E-state index is 0.0161. The highest BCUT2D eigenvalue weighted by Gasteiger charge is 2.37. The van der Waals surface area contributed by atoms with E-state index in [1.807, 2.05) is 0 Å². The fourth-order valence-corrected chi connectivity index (χ4v) is 4.40. The molecule has 1 aromatic rings. The number of aliphatic hydroxyl groups excluding tert-OH is 1. The first-order valence-corrected chi connectivity index (χ1v) is 8.02. The maximum atomic E-state index is 9.90. The lowest BCUT2D eigenvalue weighted by Crippen LogP contribution is -2.57.